The third-order valence-electron chi connectivity index (χ3n) is 2.34. The summed E-state index contributed by atoms with van der Waals surface area (Å²) in [6.07, 6.45) is 11.2. The average Bonchev–Trinajstić information content (AvgIpc) is 2.12. The Morgan fingerprint density at radius 3 is 2.54 bits per heavy atom. The van der Waals surface area contributed by atoms with Gasteiger partial charge in [0.15, 0.2) is 0 Å². The minimum atomic E-state index is 0.465. The Morgan fingerprint density at radius 2 is 2.08 bits per heavy atom. The van der Waals surface area contributed by atoms with Crippen LogP contribution < -0.4 is 5.32 Å². The van der Waals surface area contributed by atoms with Gasteiger partial charge in [0.05, 0.1) is 0 Å². The molecule has 1 N–H and O–H groups in total. The van der Waals surface area contributed by atoms with Crippen LogP contribution in [0.3, 0.4) is 0 Å². The van der Waals surface area contributed by atoms with E-state index in [9.17, 15) is 0 Å². The summed E-state index contributed by atoms with van der Waals surface area (Å²) < 4.78 is 0. The van der Waals surface area contributed by atoms with Crippen molar-refractivity contribution in [1.29, 1.82) is 0 Å². The maximum atomic E-state index is 5.26. The lowest BCUT2D eigenvalue weighted by atomic mass is 10.1. The van der Waals surface area contributed by atoms with Gasteiger partial charge in [-0.1, -0.05) is 26.7 Å². The molecule has 76 valence electrons. The molecule has 0 radical (unpaired) electrons. The predicted molar refractivity (Wildman–Crippen MR) is 59.7 cm³/mol. The van der Waals surface area contributed by atoms with Gasteiger partial charge in [0.25, 0.3) is 0 Å². The van der Waals surface area contributed by atoms with E-state index in [4.69, 9.17) is 6.42 Å². The van der Waals surface area contributed by atoms with E-state index < -0.39 is 0 Å². The van der Waals surface area contributed by atoms with Gasteiger partial charge in [-0.2, -0.15) is 0 Å². The highest BCUT2D eigenvalue weighted by Gasteiger charge is 2.08. The standard InChI is InChI=1S/C12H23N/c1-5-8-10-12(7-3)13-11(4)9-6-2/h2,11-13H,5,7-10H2,1,3-4H3. The normalized spacial score (nSPS) is 14.9. The molecule has 0 aliphatic heterocycles. The topological polar surface area (TPSA) is 12.0 Å². The van der Waals surface area contributed by atoms with E-state index in [1.54, 1.807) is 0 Å². The number of terminal acetylenes is 1. The van der Waals surface area contributed by atoms with Crippen molar-refractivity contribution in [2.75, 3.05) is 0 Å². The van der Waals surface area contributed by atoms with Crippen molar-refractivity contribution in [1.82, 2.24) is 5.32 Å². The summed E-state index contributed by atoms with van der Waals surface area (Å²) in [5.41, 5.74) is 0. The fraction of sp³-hybridized carbons (Fsp3) is 0.833. The molecule has 0 spiro atoms. The van der Waals surface area contributed by atoms with Crippen molar-refractivity contribution in [2.45, 2.75) is 65.0 Å². The highest BCUT2D eigenvalue weighted by Crippen LogP contribution is 2.05. The molecule has 0 aromatic heterocycles. The van der Waals surface area contributed by atoms with Gasteiger partial charge in [-0.05, 0) is 19.8 Å². The zero-order valence-electron chi connectivity index (χ0n) is 9.27. The van der Waals surface area contributed by atoms with Crippen molar-refractivity contribution in [3.05, 3.63) is 0 Å². The molecule has 0 aromatic carbocycles. The van der Waals surface area contributed by atoms with Crippen molar-refractivity contribution < 1.29 is 0 Å². The fourth-order valence-corrected chi connectivity index (χ4v) is 1.49. The Balaban J connectivity index is 3.63. The molecular formula is C12H23N. The van der Waals surface area contributed by atoms with Gasteiger partial charge in [-0.15, -0.1) is 12.3 Å². The van der Waals surface area contributed by atoms with Crippen LogP contribution in [0.15, 0.2) is 0 Å². The van der Waals surface area contributed by atoms with Crippen LogP contribution in [0.4, 0.5) is 0 Å². The van der Waals surface area contributed by atoms with Crippen LogP contribution >= 0.6 is 0 Å². The lowest BCUT2D eigenvalue weighted by molar-refractivity contribution is 0.407. The minimum Gasteiger partial charge on any atom is -0.311 e. The van der Waals surface area contributed by atoms with Gasteiger partial charge in [0.1, 0.15) is 0 Å². The van der Waals surface area contributed by atoms with Crippen molar-refractivity contribution in [2.24, 2.45) is 0 Å². The number of unbranched alkanes of at least 4 members (excludes halogenated alkanes) is 1. The van der Waals surface area contributed by atoms with Gasteiger partial charge in [0, 0.05) is 18.5 Å². The summed E-state index contributed by atoms with van der Waals surface area (Å²) in [6.45, 7) is 6.63. The Hall–Kier alpha value is -0.480. The molecule has 0 heterocycles. The van der Waals surface area contributed by atoms with Crippen molar-refractivity contribution in [3.63, 3.8) is 0 Å². The van der Waals surface area contributed by atoms with Crippen LogP contribution in [0.2, 0.25) is 0 Å². The number of rotatable bonds is 7. The molecule has 2 unspecified atom stereocenters. The van der Waals surface area contributed by atoms with Crippen LogP contribution in [-0.2, 0) is 0 Å². The van der Waals surface area contributed by atoms with Gasteiger partial charge in [-0.25, -0.2) is 0 Å². The van der Waals surface area contributed by atoms with E-state index in [1.165, 1.54) is 25.7 Å². The second kappa shape index (κ2) is 8.13. The molecule has 0 saturated heterocycles. The zero-order chi connectivity index (χ0) is 10.1. The Morgan fingerprint density at radius 1 is 1.38 bits per heavy atom. The van der Waals surface area contributed by atoms with Crippen LogP contribution in [0.25, 0.3) is 0 Å². The third-order valence-corrected chi connectivity index (χ3v) is 2.34. The van der Waals surface area contributed by atoms with Gasteiger partial charge in [-0.3, -0.25) is 0 Å². The number of hydrogen-bond acceptors (Lipinski definition) is 1. The molecule has 0 rings (SSSR count). The van der Waals surface area contributed by atoms with E-state index in [2.05, 4.69) is 32.0 Å². The van der Waals surface area contributed by atoms with E-state index in [1.807, 2.05) is 0 Å². The Kier molecular flexibility index (Phi) is 7.83. The maximum Gasteiger partial charge on any atom is 0.0238 e. The molecule has 1 heteroatoms. The second-order valence-electron chi connectivity index (χ2n) is 3.72. The summed E-state index contributed by atoms with van der Waals surface area (Å²) in [5, 5.41) is 3.56. The molecule has 0 bridgehead atoms. The largest absolute Gasteiger partial charge is 0.311 e. The highest BCUT2D eigenvalue weighted by atomic mass is 14.9. The van der Waals surface area contributed by atoms with Gasteiger partial charge in [0.2, 0.25) is 0 Å². The molecule has 2 atom stereocenters. The molecule has 13 heavy (non-hydrogen) atoms. The van der Waals surface area contributed by atoms with Crippen LogP contribution in [0.1, 0.15) is 52.9 Å². The zero-order valence-corrected chi connectivity index (χ0v) is 9.27. The van der Waals surface area contributed by atoms with Crippen LogP contribution in [0, 0.1) is 12.3 Å². The molecule has 0 fully saturated rings. The van der Waals surface area contributed by atoms with E-state index >= 15 is 0 Å². The summed E-state index contributed by atoms with van der Waals surface area (Å²) in [4.78, 5) is 0. The van der Waals surface area contributed by atoms with Crippen molar-refractivity contribution in [3.8, 4) is 12.3 Å². The quantitative estimate of drug-likeness (QED) is 0.595. The number of nitrogens with one attached hydrogen (secondary N) is 1. The first-order valence-corrected chi connectivity index (χ1v) is 5.44. The van der Waals surface area contributed by atoms with Crippen LogP contribution in [-0.4, -0.2) is 12.1 Å². The summed E-state index contributed by atoms with van der Waals surface area (Å²) in [7, 11) is 0. The van der Waals surface area contributed by atoms with E-state index in [-0.39, 0.29) is 0 Å². The van der Waals surface area contributed by atoms with Gasteiger partial charge >= 0.3 is 0 Å². The lowest BCUT2D eigenvalue weighted by Gasteiger charge is -2.20. The lowest BCUT2D eigenvalue weighted by Crippen LogP contribution is -2.35. The molecule has 0 aliphatic rings. The highest BCUT2D eigenvalue weighted by molar-refractivity contribution is 4.88. The first-order chi connectivity index (χ1) is 6.24. The summed E-state index contributed by atoms with van der Waals surface area (Å²) in [6, 6.07) is 1.12. The molecule has 0 amide bonds. The first kappa shape index (κ1) is 12.5. The average molecular weight is 181 g/mol. The molecule has 0 aliphatic carbocycles. The monoisotopic (exact) mass is 181 g/mol. The molecular weight excluding hydrogens is 158 g/mol. The summed E-state index contributed by atoms with van der Waals surface area (Å²) >= 11 is 0. The predicted octanol–water partition coefficient (Wildman–Crippen LogP) is 2.96. The molecule has 1 nitrogen and oxygen atoms in total. The maximum absolute atomic E-state index is 5.26. The first-order valence-electron chi connectivity index (χ1n) is 5.44. The summed E-state index contributed by atoms with van der Waals surface area (Å²) in [5.74, 6) is 2.69. The molecule has 0 aromatic rings. The Labute approximate surface area is 83.3 Å². The van der Waals surface area contributed by atoms with Crippen LogP contribution in [0.5, 0.6) is 0 Å². The van der Waals surface area contributed by atoms with Crippen molar-refractivity contribution >= 4 is 0 Å². The molecule has 0 saturated carbocycles. The fourth-order valence-electron chi connectivity index (χ4n) is 1.49. The smallest absolute Gasteiger partial charge is 0.0238 e. The second-order valence-corrected chi connectivity index (χ2v) is 3.72. The van der Waals surface area contributed by atoms with E-state index in [0.717, 1.165) is 6.42 Å². The number of hydrogen-bond donors (Lipinski definition) is 1. The minimum absolute atomic E-state index is 0.465. The van der Waals surface area contributed by atoms with Gasteiger partial charge < -0.3 is 5.32 Å². The third kappa shape index (κ3) is 6.66. The Bertz CT molecular complexity index is 146. The SMILES string of the molecule is C#CCC(C)NC(CC)CCCC. The van der Waals surface area contributed by atoms with E-state index in [0.29, 0.717) is 12.1 Å².